The van der Waals surface area contributed by atoms with Gasteiger partial charge in [0.25, 0.3) is 0 Å². The Morgan fingerprint density at radius 1 is 1.12 bits per heavy atom. The van der Waals surface area contributed by atoms with Gasteiger partial charge in [0.1, 0.15) is 22.7 Å². The number of carbonyl (C=O) groups is 1. The van der Waals surface area contributed by atoms with E-state index in [1.54, 1.807) is 27.7 Å². The number of alkyl carbamates (subject to hydrolysis) is 1. The van der Waals surface area contributed by atoms with Crippen LogP contribution in [-0.4, -0.2) is 51.5 Å². The van der Waals surface area contributed by atoms with Crippen molar-refractivity contribution in [2.24, 2.45) is 0 Å². The normalized spacial score (nSPS) is 12.2. The second-order valence-corrected chi connectivity index (χ2v) is 8.47. The van der Waals surface area contributed by atoms with Gasteiger partial charge >= 0.3 is 12.3 Å². The first kappa shape index (κ1) is 24.3. The number of amides is 1. The molecule has 0 aliphatic rings. The van der Waals surface area contributed by atoms with E-state index >= 15 is 0 Å². The van der Waals surface area contributed by atoms with Crippen LogP contribution >= 0.6 is 0 Å². The molecule has 1 aromatic carbocycles. The number of unbranched alkanes of at least 4 members (excludes halogenated alkanes) is 1. The number of nitrogens with zero attached hydrogens (tertiary/aromatic N) is 4. The molecule has 9 nitrogen and oxygen atoms in total. The number of hydrogen-bond donors (Lipinski definition) is 2. The van der Waals surface area contributed by atoms with Gasteiger partial charge in [0.05, 0.1) is 18.2 Å². The number of fused-ring (bicyclic) bond motifs is 3. The third kappa shape index (κ3) is 5.74. The van der Waals surface area contributed by atoms with Crippen molar-refractivity contribution >= 4 is 28.6 Å². The topological polar surface area (TPSA) is 103 Å². The number of carbonyl (C=O) groups excluding carboxylic acids is 1. The molecule has 180 valence electrons. The van der Waals surface area contributed by atoms with E-state index in [0.717, 1.165) is 12.1 Å². The van der Waals surface area contributed by atoms with E-state index in [4.69, 9.17) is 9.47 Å². The first-order valence-electron chi connectivity index (χ1n) is 10.4. The van der Waals surface area contributed by atoms with Crippen LogP contribution in [0.15, 0.2) is 12.1 Å². The van der Waals surface area contributed by atoms with Gasteiger partial charge in [0.2, 0.25) is 5.65 Å². The van der Waals surface area contributed by atoms with Crippen molar-refractivity contribution in [2.75, 3.05) is 25.5 Å². The van der Waals surface area contributed by atoms with Crippen LogP contribution in [0, 0.1) is 6.92 Å². The lowest BCUT2D eigenvalue weighted by molar-refractivity contribution is -0.137. The highest BCUT2D eigenvalue weighted by Gasteiger charge is 2.32. The average molecular weight is 468 g/mol. The van der Waals surface area contributed by atoms with Crippen LogP contribution in [0.3, 0.4) is 0 Å². The Morgan fingerprint density at radius 3 is 2.45 bits per heavy atom. The molecule has 0 bridgehead atoms. The molecule has 0 fully saturated rings. The summed E-state index contributed by atoms with van der Waals surface area (Å²) < 4.78 is 52.0. The Hall–Kier alpha value is -3.31. The fourth-order valence-corrected chi connectivity index (χ4v) is 3.24. The zero-order valence-corrected chi connectivity index (χ0v) is 19.1. The van der Waals surface area contributed by atoms with Crippen LogP contribution in [0.25, 0.3) is 16.7 Å². The highest BCUT2D eigenvalue weighted by atomic mass is 19.4. The molecular weight excluding hydrogens is 441 g/mol. The molecule has 0 spiro atoms. The standard InChI is InChI=1S/C21H27F3N6O3/c1-12-28-29-18-17(25-8-6-7-9-26-19(31)33-20(2,3)4)27-16-14(30(12)18)10-13(21(22,23)24)11-15(16)32-5/h10-11H,6-9H2,1-5H3,(H,25,27)(H,26,31). The molecule has 0 radical (unpaired) electrons. The van der Waals surface area contributed by atoms with Gasteiger partial charge in [0.15, 0.2) is 5.82 Å². The molecule has 0 unspecified atom stereocenters. The molecule has 33 heavy (non-hydrogen) atoms. The first-order chi connectivity index (χ1) is 15.4. The van der Waals surface area contributed by atoms with Crippen molar-refractivity contribution in [3.63, 3.8) is 0 Å². The van der Waals surface area contributed by atoms with E-state index < -0.39 is 23.4 Å². The summed E-state index contributed by atoms with van der Waals surface area (Å²) in [5.74, 6) is 0.795. The number of methoxy groups -OCH3 is 1. The van der Waals surface area contributed by atoms with Crippen molar-refractivity contribution in [1.82, 2.24) is 24.9 Å². The fourth-order valence-electron chi connectivity index (χ4n) is 3.24. The van der Waals surface area contributed by atoms with Crippen LogP contribution < -0.4 is 15.4 Å². The highest BCUT2D eigenvalue weighted by molar-refractivity contribution is 5.88. The predicted molar refractivity (Wildman–Crippen MR) is 117 cm³/mol. The highest BCUT2D eigenvalue weighted by Crippen LogP contribution is 2.37. The van der Waals surface area contributed by atoms with Gasteiger partial charge in [-0.25, -0.2) is 9.78 Å². The van der Waals surface area contributed by atoms with Crippen molar-refractivity contribution < 1.29 is 27.4 Å². The Kier molecular flexibility index (Phi) is 6.84. The summed E-state index contributed by atoms with van der Waals surface area (Å²) in [5, 5.41) is 13.9. The molecular formula is C21H27F3N6O3. The molecule has 1 amide bonds. The van der Waals surface area contributed by atoms with Gasteiger partial charge in [-0.15, -0.1) is 10.2 Å². The molecule has 0 aliphatic carbocycles. The maximum Gasteiger partial charge on any atom is 0.416 e. The van der Waals surface area contributed by atoms with Gasteiger partial charge in [-0.3, -0.25) is 4.40 Å². The van der Waals surface area contributed by atoms with Crippen molar-refractivity contribution in [3.8, 4) is 5.75 Å². The summed E-state index contributed by atoms with van der Waals surface area (Å²) in [6.45, 7) is 7.96. The van der Waals surface area contributed by atoms with E-state index in [9.17, 15) is 18.0 Å². The maximum atomic E-state index is 13.4. The number of halogens is 3. The van der Waals surface area contributed by atoms with E-state index in [0.29, 0.717) is 43.2 Å². The average Bonchev–Trinajstić information content (AvgIpc) is 3.10. The third-order valence-corrected chi connectivity index (χ3v) is 4.67. The quantitative estimate of drug-likeness (QED) is 0.498. The molecule has 0 saturated carbocycles. The lowest BCUT2D eigenvalue weighted by Crippen LogP contribution is -2.33. The Bertz CT molecular complexity index is 1150. The zero-order valence-electron chi connectivity index (χ0n) is 19.1. The summed E-state index contributed by atoms with van der Waals surface area (Å²) in [6.07, 6.45) is -3.64. The SMILES string of the molecule is COc1cc(C(F)(F)F)cc2c1nc(NCCCCNC(=O)OC(C)(C)C)c1nnc(C)n12. The molecule has 3 aromatic rings. The summed E-state index contributed by atoms with van der Waals surface area (Å²) in [7, 11) is 1.30. The molecule has 0 atom stereocenters. The van der Waals surface area contributed by atoms with Gasteiger partial charge in [-0.2, -0.15) is 13.2 Å². The fraction of sp³-hybridized carbons (Fsp3) is 0.524. The molecule has 2 aromatic heterocycles. The van der Waals surface area contributed by atoms with Crippen LogP contribution in [0.5, 0.6) is 5.75 Å². The molecule has 0 aliphatic heterocycles. The summed E-state index contributed by atoms with van der Waals surface area (Å²) in [5.41, 5.74) is -0.632. The van der Waals surface area contributed by atoms with Crippen molar-refractivity contribution in [2.45, 2.75) is 52.3 Å². The lowest BCUT2D eigenvalue weighted by atomic mass is 10.1. The number of ether oxygens (including phenoxy) is 2. The second kappa shape index (κ2) is 9.28. The largest absolute Gasteiger partial charge is 0.494 e. The monoisotopic (exact) mass is 468 g/mol. The Morgan fingerprint density at radius 2 is 1.82 bits per heavy atom. The molecule has 2 N–H and O–H groups in total. The Labute approximate surface area is 188 Å². The minimum atomic E-state index is -4.54. The van der Waals surface area contributed by atoms with E-state index in [1.807, 2.05) is 0 Å². The minimum absolute atomic E-state index is 0.000522. The van der Waals surface area contributed by atoms with Crippen molar-refractivity contribution in [1.29, 1.82) is 0 Å². The number of rotatable bonds is 7. The van der Waals surface area contributed by atoms with Crippen LogP contribution in [-0.2, 0) is 10.9 Å². The van der Waals surface area contributed by atoms with Gasteiger partial charge in [0, 0.05) is 13.1 Å². The number of alkyl halides is 3. The van der Waals surface area contributed by atoms with E-state index in [2.05, 4.69) is 25.8 Å². The van der Waals surface area contributed by atoms with E-state index in [1.165, 1.54) is 11.5 Å². The van der Waals surface area contributed by atoms with Crippen LogP contribution in [0.4, 0.5) is 23.8 Å². The third-order valence-electron chi connectivity index (χ3n) is 4.67. The first-order valence-corrected chi connectivity index (χ1v) is 10.4. The number of hydrogen-bond acceptors (Lipinski definition) is 7. The second-order valence-electron chi connectivity index (χ2n) is 8.47. The molecule has 12 heteroatoms. The number of aryl methyl sites for hydroxylation is 1. The molecule has 2 heterocycles. The summed E-state index contributed by atoms with van der Waals surface area (Å²) >= 11 is 0. The lowest BCUT2D eigenvalue weighted by Gasteiger charge is -2.19. The number of aromatic nitrogens is 4. The van der Waals surface area contributed by atoms with Gasteiger partial charge < -0.3 is 20.1 Å². The smallest absolute Gasteiger partial charge is 0.416 e. The Balaban J connectivity index is 1.77. The number of nitrogens with one attached hydrogen (secondary N) is 2. The number of benzene rings is 1. The van der Waals surface area contributed by atoms with Gasteiger partial charge in [-0.05, 0) is 52.7 Å². The van der Waals surface area contributed by atoms with Gasteiger partial charge in [-0.1, -0.05) is 0 Å². The molecule has 3 rings (SSSR count). The zero-order chi connectivity index (χ0) is 24.4. The predicted octanol–water partition coefficient (Wildman–Crippen LogP) is 4.33. The van der Waals surface area contributed by atoms with E-state index in [-0.39, 0.29) is 16.8 Å². The number of anilines is 1. The maximum absolute atomic E-state index is 13.4. The summed E-state index contributed by atoms with van der Waals surface area (Å²) in [6, 6.07) is 1.94. The van der Waals surface area contributed by atoms with Crippen LogP contribution in [0.1, 0.15) is 45.0 Å². The summed E-state index contributed by atoms with van der Waals surface area (Å²) in [4.78, 5) is 16.2. The molecule has 0 saturated heterocycles. The van der Waals surface area contributed by atoms with Crippen LogP contribution in [0.2, 0.25) is 0 Å². The minimum Gasteiger partial charge on any atom is -0.494 e. The van der Waals surface area contributed by atoms with Crippen molar-refractivity contribution in [3.05, 3.63) is 23.5 Å².